The minimum absolute atomic E-state index is 0.162. The van der Waals surface area contributed by atoms with Crippen LogP contribution in [-0.4, -0.2) is 10.7 Å². The highest BCUT2D eigenvalue weighted by atomic mass is 32.2. The van der Waals surface area contributed by atoms with Gasteiger partial charge in [-0.1, -0.05) is 13.0 Å². The van der Waals surface area contributed by atoms with Crippen molar-refractivity contribution in [1.82, 2.24) is 4.98 Å². The maximum absolute atomic E-state index is 13.4. The van der Waals surface area contributed by atoms with Gasteiger partial charge in [-0.25, -0.2) is 9.37 Å². The molecular weight excluding hydrogens is 256 g/mol. The lowest BCUT2D eigenvalue weighted by Crippen LogP contribution is -1.92. The third kappa shape index (κ3) is 2.98. The van der Waals surface area contributed by atoms with E-state index in [1.54, 1.807) is 12.3 Å². The number of halogens is 2. The third-order valence-corrected chi connectivity index (χ3v) is 2.83. The first kappa shape index (κ1) is 12.8. The largest absolute Gasteiger partial charge is 0.453 e. The van der Waals surface area contributed by atoms with Gasteiger partial charge < -0.3 is 4.74 Å². The summed E-state index contributed by atoms with van der Waals surface area (Å²) in [5.41, 5.74) is 0. The molecule has 2 aromatic rings. The SMILES string of the molecule is CCSc1[c]c(Oc2cccc(F)c2F)ccn1. The maximum atomic E-state index is 13.4. The van der Waals surface area contributed by atoms with Gasteiger partial charge in [-0.3, -0.25) is 0 Å². The van der Waals surface area contributed by atoms with E-state index in [-0.39, 0.29) is 5.75 Å². The number of ether oxygens (including phenoxy) is 1. The summed E-state index contributed by atoms with van der Waals surface area (Å²) in [5.74, 6) is -0.950. The standard InChI is InChI=1S/C13H10F2NOS/c1-2-18-12-8-9(6-7-16-12)17-11-5-3-4-10(14)13(11)15/h3-7H,2H2,1H3. The first-order valence-electron chi connectivity index (χ1n) is 5.33. The van der Waals surface area contributed by atoms with Crippen LogP contribution >= 0.6 is 11.8 Å². The van der Waals surface area contributed by atoms with Crippen LogP contribution in [0.5, 0.6) is 11.5 Å². The molecule has 0 bridgehead atoms. The Balaban J connectivity index is 2.23. The molecular formula is C13H10F2NOS. The molecule has 1 aromatic heterocycles. The molecule has 0 spiro atoms. The summed E-state index contributed by atoms with van der Waals surface area (Å²) in [4.78, 5) is 4.07. The predicted octanol–water partition coefficient (Wildman–Crippen LogP) is 4.06. The van der Waals surface area contributed by atoms with Gasteiger partial charge >= 0.3 is 0 Å². The fourth-order valence-electron chi connectivity index (χ4n) is 1.30. The molecule has 1 radical (unpaired) electrons. The van der Waals surface area contributed by atoms with Crippen molar-refractivity contribution in [3.8, 4) is 11.5 Å². The van der Waals surface area contributed by atoms with Gasteiger partial charge in [0.05, 0.1) is 6.07 Å². The molecule has 1 aromatic carbocycles. The molecule has 0 amide bonds. The van der Waals surface area contributed by atoms with E-state index >= 15 is 0 Å². The van der Waals surface area contributed by atoms with E-state index in [1.165, 1.54) is 23.9 Å². The number of rotatable bonds is 4. The number of hydrogen-bond acceptors (Lipinski definition) is 3. The molecule has 18 heavy (non-hydrogen) atoms. The summed E-state index contributed by atoms with van der Waals surface area (Å²) < 4.78 is 31.7. The van der Waals surface area contributed by atoms with Crippen LogP contribution in [0, 0.1) is 17.7 Å². The number of hydrogen-bond donors (Lipinski definition) is 0. The van der Waals surface area contributed by atoms with Crippen LogP contribution in [-0.2, 0) is 0 Å². The van der Waals surface area contributed by atoms with Gasteiger partial charge in [0.1, 0.15) is 10.8 Å². The Labute approximate surface area is 108 Å². The van der Waals surface area contributed by atoms with E-state index in [9.17, 15) is 8.78 Å². The van der Waals surface area contributed by atoms with Crippen LogP contribution in [0.3, 0.4) is 0 Å². The maximum Gasteiger partial charge on any atom is 0.201 e. The van der Waals surface area contributed by atoms with Gasteiger partial charge in [-0.05, 0) is 24.0 Å². The number of thioether (sulfide) groups is 1. The second kappa shape index (κ2) is 5.82. The molecule has 0 atom stereocenters. The zero-order valence-corrected chi connectivity index (χ0v) is 10.4. The van der Waals surface area contributed by atoms with Crippen molar-refractivity contribution in [2.24, 2.45) is 0 Å². The van der Waals surface area contributed by atoms with Crippen molar-refractivity contribution in [2.45, 2.75) is 11.9 Å². The third-order valence-electron chi connectivity index (χ3n) is 2.06. The van der Waals surface area contributed by atoms with Crippen molar-refractivity contribution in [3.63, 3.8) is 0 Å². The lowest BCUT2D eigenvalue weighted by molar-refractivity contribution is 0.414. The van der Waals surface area contributed by atoms with Crippen molar-refractivity contribution in [3.05, 3.63) is 48.2 Å². The molecule has 0 aliphatic heterocycles. The number of nitrogens with zero attached hydrogens (tertiary/aromatic N) is 1. The summed E-state index contributed by atoms with van der Waals surface area (Å²) >= 11 is 1.49. The summed E-state index contributed by atoms with van der Waals surface area (Å²) in [7, 11) is 0. The Morgan fingerprint density at radius 2 is 2.17 bits per heavy atom. The van der Waals surface area contributed by atoms with Gasteiger partial charge in [-0.2, -0.15) is 4.39 Å². The van der Waals surface area contributed by atoms with Gasteiger partial charge in [0, 0.05) is 6.20 Å². The van der Waals surface area contributed by atoms with Crippen LogP contribution < -0.4 is 4.74 Å². The zero-order valence-electron chi connectivity index (χ0n) is 9.61. The monoisotopic (exact) mass is 266 g/mol. The lowest BCUT2D eigenvalue weighted by Gasteiger charge is -2.07. The summed E-state index contributed by atoms with van der Waals surface area (Å²) in [6, 6.07) is 8.21. The Kier molecular flexibility index (Phi) is 4.15. The molecule has 0 aliphatic carbocycles. The van der Waals surface area contributed by atoms with E-state index in [1.807, 2.05) is 6.92 Å². The number of pyridine rings is 1. The smallest absolute Gasteiger partial charge is 0.201 e. The van der Waals surface area contributed by atoms with E-state index in [2.05, 4.69) is 11.1 Å². The molecule has 0 N–H and O–H groups in total. The second-order valence-electron chi connectivity index (χ2n) is 3.33. The van der Waals surface area contributed by atoms with Gasteiger partial charge in [0.2, 0.25) is 5.82 Å². The van der Waals surface area contributed by atoms with E-state index in [0.717, 1.165) is 11.8 Å². The predicted molar refractivity (Wildman–Crippen MR) is 65.9 cm³/mol. The minimum Gasteiger partial charge on any atom is -0.453 e. The average Bonchev–Trinajstić information content (AvgIpc) is 2.36. The number of benzene rings is 1. The Bertz CT molecular complexity index is 548. The van der Waals surface area contributed by atoms with Gasteiger partial charge in [0.25, 0.3) is 0 Å². The molecule has 0 unspecified atom stereocenters. The van der Waals surface area contributed by atoms with E-state index in [4.69, 9.17) is 4.74 Å². The van der Waals surface area contributed by atoms with Crippen LogP contribution in [0.2, 0.25) is 0 Å². The fourth-order valence-corrected chi connectivity index (χ4v) is 1.88. The van der Waals surface area contributed by atoms with Gasteiger partial charge in [0.15, 0.2) is 11.6 Å². The molecule has 5 heteroatoms. The topological polar surface area (TPSA) is 22.1 Å². The molecule has 2 nitrogen and oxygen atoms in total. The summed E-state index contributed by atoms with van der Waals surface area (Å²) in [6.45, 7) is 1.99. The Morgan fingerprint density at radius 1 is 1.33 bits per heavy atom. The molecule has 93 valence electrons. The molecule has 1 heterocycles. The first-order valence-corrected chi connectivity index (χ1v) is 6.32. The number of aromatic nitrogens is 1. The van der Waals surface area contributed by atoms with E-state index in [0.29, 0.717) is 10.8 Å². The fraction of sp³-hybridized carbons (Fsp3) is 0.154. The highest BCUT2D eigenvalue weighted by Gasteiger charge is 2.10. The summed E-state index contributed by atoms with van der Waals surface area (Å²) in [6.07, 6.45) is 1.54. The molecule has 2 rings (SSSR count). The van der Waals surface area contributed by atoms with Crippen LogP contribution in [0.1, 0.15) is 6.92 Å². The van der Waals surface area contributed by atoms with Crippen LogP contribution in [0.4, 0.5) is 8.78 Å². The molecule has 0 saturated carbocycles. The zero-order chi connectivity index (χ0) is 13.0. The van der Waals surface area contributed by atoms with Crippen LogP contribution in [0.15, 0.2) is 35.5 Å². The van der Waals surface area contributed by atoms with Crippen molar-refractivity contribution in [1.29, 1.82) is 0 Å². The van der Waals surface area contributed by atoms with Gasteiger partial charge in [-0.15, -0.1) is 11.8 Å². The van der Waals surface area contributed by atoms with Crippen molar-refractivity contribution in [2.75, 3.05) is 5.75 Å². The quantitative estimate of drug-likeness (QED) is 0.779. The first-order chi connectivity index (χ1) is 8.70. The minimum atomic E-state index is -1.01. The van der Waals surface area contributed by atoms with Crippen molar-refractivity contribution < 1.29 is 13.5 Å². The highest BCUT2D eigenvalue weighted by Crippen LogP contribution is 2.27. The molecule has 0 saturated heterocycles. The highest BCUT2D eigenvalue weighted by molar-refractivity contribution is 7.99. The van der Waals surface area contributed by atoms with Crippen LogP contribution in [0.25, 0.3) is 0 Å². The van der Waals surface area contributed by atoms with Crippen molar-refractivity contribution >= 4 is 11.8 Å². The lowest BCUT2D eigenvalue weighted by atomic mass is 10.3. The Morgan fingerprint density at radius 3 is 2.94 bits per heavy atom. The second-order valence-corrected chi connectivity index (χ2v) is 4.58. The average molecular weight is 266 g/mol. The molecule has 0 aliphatic rings. The van der Waals surface area contributed by atoms with E-state index < -0.39 is 11.6 Å². The molecule has 0 fully saturated rings. The normalized spacial score (nSPS) is 10.4. The summed E-state index contributed by atoms with van der Waals surface area (Å²) in [5, 5.41) is 0.659. The Hall–Kier alpha value is -1.62.